The molecule has 0 unspecified atom stereocenters. The maximum absolute atomic E-state index is 12.1. The number of anilines is 1. The van der Waals surface area contributed by atoms with Gasteiger partial charge in [-0.1, -0.05) is 11.6 Å². The molecule has 2 rings (SSSR count). The van der Waals surface area contributed by atoms with E-state index in [0.29, 0.717) is 22.2 Å². The standard InChI is InChI=1S/C15H22ClN3O3/c1-19-6-4-10(5-7-19)17-15(20)18-12-9-13(21-2)11(16)8-14(12)22-3/h8-10H,4-7H2,1-3H3,(H2,17,18,20). The molecule has 0 spiro atoms. The molecule has 0 radical (unpaired) electrons. The van der Waals surface area contributed by atoms with Gasteiger partial charge in [-0.15, -0.1) is 0 Å². The third-order valence-corrected chi connectivity index (χ3v) is 4.07. The van der Waals surface area contributed by atoms with Crippen LogP contribution >= 0.6 is 11.6 Å². The monoisotopic (exact) mass is 327 g/mol. The second-order valence-electron chi connectivity index (χ2n) is 5.36. The van der Waals surface area contributed by atoms with Gasteiger partial charge in [-0.25, -0.2) is 4.79 Å². The zero-order chi connectivity index (χ0) is 16.1. The van der Waals surface area contributed by atoms with Crippen molar-refractivity contribution < 1.29 is 14.3 Å². The SMILES string of the molecule is COc1cc(NC(=O)NC2CCN(C)CC2)c(OC)cc1Cl. The minimum atomic E-state index is -0.253. The fourth-order valence-corrected chi connectivity index (χ4v) is 2.69. The molecule has 0 aromatic heterocycles. The van der Waals surface area contributed by atoms with Gasteiger partial charge in [0.05, 0.1) is 24.9 Å². The number of ether oxygens (including phenoxy) is 2. The quantitative estimate of drug-likeness (QED) is 0.892. The molecule has 1 saturated heterocycles. The van der Waals surface area contributed by atoms with Gasteiger partial charge >= 0.3 is 6.03 Å². The van der Waals surface area contributed by atoms with Crippen molar-refractivity contribution in [1.29, 1.82) is 0 Å². The first-order chi connectivity index (χ1) is 10.5. The molecule has 1 fully saturated rings. The van der Waals surface area contributed by atoms with Gasteiger partial charge in [-0.3, -0.25) is 0 Å². The zero-order valence-electron chi connectivity index (χ0n) is 13.1. The van der Waals surface area contributed by atoms with Crippen LogP contribution in [0.25, 0.3) is 0 Å². The number of nitrogens with zero attached hydrogens (tertiary/aromatic N) is 1. The summed E-state index contributed by atoms with van der Waals surface area (Å²) in [5.74, 6) is 0.974. The second-order valence-corrected chi connectivity index (χ2v) is 5.77. The third-order valence-electron chi connectivity index (χ3n) is 3.78. The first-order valence-electron chi connectivity index (χ1n) is 7.21. The van der Waals surface area contributed by atoms with Crippen LogP contribution in [0.3, 0.4) is 0 Å². The Morgan fingerprint density at radius 2 is 1.86 bits per heavy atom. The third kappa shape index (κ3) is 4.18. The Morgan fingerprint density at radius 1 is 1.23 bits per heavy atom. The number of benzene rings is 1. The molecule has 2 N–H and O–H groups in total. The van der Waals surface area contributed by atoms with Gasteiger partial charge in [-0.2, -0.15) is 0 Å². The highest BCUT2D eigenvalue weighted by atomic mass is 35.5. The lowest BCUT2D eigenvalue weighted by Crippen LogP contribution is -2.44. The van der Waals surface area contributed by atoms with E-state index in [1.165, 1.54) is 14.2 Å². The number of methoxy groups -OCH3 is 2. The van der Waals surface area contributed by atoms with E-state index in [4.69, 9.17) is 21.1 Å². The van der Waals surface area contributed by atoms with Crippen LogP contribution in [0.4, 0.5) is 10.5 Å². The van der Waals surface area contributed by atoms with Crippen molar-refractivity contribution in [3.63, 3.8) is 0 Å². The van der Waals surface area contributed by atoms with Crippen LogP contribution in [-0.4, -0.2) is 51.3 Å². The van der Waals surface area contributed by atoms with Crippen LogP contribution in [0.1, 0.15) is 12.8 Å². The Bertz CT molecular complexity index is 531. The Morgan fingerprint density at radius 3 is 2.45 bits per heavy atom. The van der Waals surface area contributed by atoms with E-state index in [1.807, 2.05) is 0 Å². The fourth-order valence-electron chi connectivity index (χ4n) is 2.45. The summed E-state index contributed by atoms with van der Waals surface area (Å²) in [4.78, 5) is 14.4. The highest BCUT2D eigenvalue weighted by molar-refractivity contribution is 6.32. The summed E-state index contributed by atoms with van der Waals surface area (Å²) in [7, 11) is 5.13. The number of hydrogen-bond acceptors (Lipinski definition) is 4. The summed E-state index contributed by atoms with van der Waals surface area (Å²) in [6, 6.07) is 3.20. The molecule has 22 heavy (non-hydrogen) atoms. The number of carbonyl (C=O) groups excluding carboxylic acids is 1. The molecule has 7 heteroatoms. The predicted molar refractivity (Wildman–Crippen MR) is 87.2 cm³/mol. The van der Waals surface area contributed by atoms with Crippen molar-refractivity contribution in [2.75, 3.05) is 39.7 Å². The van der Waals surface area contributed by atoms with E-state index in [1.54, 1.807) is 12.1 Å². The number of carbonyl (C=O) groups is 1. The number of rotatable bonds is 4. The molecule has 1 heterocycles. The number of urea groups is 1. The van der Waals surface area contributed by atoms with Crippen LogP contribution in [-0.2, 0) is 0 Å². The molecule has 6 nitrogen and oxygen atoms in total. The van der Waals surface area contributed by atoms with Crippen LogP contribution < -0.4 is 20.1 Å². The topological polar surface area (TPSA) is 62.8 Å². The molecular formula is C15H22ClN3O3. The van der Waals surface area contributed by atoms with E-state index in [-0.39, 0.29) is 12.1 Å². The average molecular weight is 328 g/mol. The highest BCUT2D eigenvalue weighted by Crippen LogP contribution is 2.35. The summed E-state index contributed by atoms with van der Waals surface area (Å²) in [5, 5.41) is 6.21. The number of piperidine rings is 1. The van der Waals surface area contributed by atoms with Crippen molar-refractivity contribution in [3.05, 3.63) is 17.2 Å². The van der Waals surface area contributed by atoms with Gasteiger partial charge in [-0.05, 0) is 33.0 Å². The minimum absolute atomic E-state index is 0.191. The molecular weight excluding hydrogens is 306 g/mol. The van der Waals surface area contributed by atoms with Crippen molar-refractivity contribution in [2.45, 2.75) is 18.9 Å². The van der Waals surface area contributed by atoms with E-state index >= 15 is 0 Å². The molecule has 1 aromatic carbocycles. The van der Waals surface area contributed by atoms with Gasteiger partial charge in [0.1, 0.15) is 11.5 Å². The molecule has 1 aromatic rings. The van der Waals surface area contributed by atoms with Crippen LogP contribution in [0, 0.1) is 0 Å². The lowest BCUT2D eigenvalue weighted by atomic mass is 10.1. The summed E-state index contributed by atoms with van der Waals surface area (Å²) in [6.07, 6.45) is 1.90. The normalized spacial score (nSPS) is 16.2. The molecule has 0 aliphatic carbocycles. The minimum Gasteiger partial charge on any atom is -0.495 e. The molecule has 1 aliphatic rings. The molecule has 0 saturated carbocycles. The van der Waals surface area contributed by atoms with Gasteiger partial charge in [0.15, 0.2) is 0 Å². The average Bonchev–Trinajstić information content (AvgIpc) is 2.50. The number of nitrogens with one attached hydrogen (secondary N) is 2. The van der Waals surface area contributed by atoms with E-state index < -0.39 is 0 Å². The Hall–Kier alpha value is -1.66. The van der Waals surface area contributed by atoms with Crippen molar-refractivity contribution >= 4 is 23.3 Å². The van der Waals surface area contributed by atoms with Gasteiger partial charge in [0.25, 0.3) is 0 Å². The number of amides is 2. The number of hydrogen-bond donors (Lipinski definition) is 2. The van der Waals surface area contributed by atoms with Gasteiger partial charge < -0.3 is 25.0 Å². The first kappa shape index (κ1) is 16.7. The van der Waals surface area contributed by atoms with Gasteiger partial charge in [0.2, 0.25) is 0 Å². The predicted octanol–water partition coefficient (Wildman–Crippen LogP) is 2.57. The lowest BCUT2D eigenvalue weighted by molar-refractivity contribution is 0.221. The maximum Gasteiger partial charge on any atom is 0.319 e. The summed E-state index contributed by atoms with van der Waals surface area (Å²) >= 11 is 6.05. The molecule has 0 atom stereocenters. The summed E-state index contributed by atoms with van der Waals surface area (Å²) in [6.45, 7) is 1.98. The Labute approximate surface area is 135 Å². The molecule has 2 amide bonds. The van der Waals surface area contributed by atoms with Crippen LogP contribution in [0.15, 0.2) is 12.1 Å². The van der Waals surface area contributed by atoms with Crippen molar-refractivity contribution in [3.8, 4) is 11.5 Å². The van der Waals surface area contributed by atoms with E-state index in [0.717, 1.165) is 25.9 Å². The second kappa shape index (κ2) is 7.56. The summed E-state index contributed by atoms with van der Waals surface area (Å²) in [5.41, 5.74) is 0.522. The van der Waals surface area contributed by atoms with E-state index in [2.05, 4.69) is 22.6 Å². The molecule has 1 aliphatic heterocycles. The Kier molecular flexibility index (Phi) is 5.74. The fraction of sp³-hybridized carbons (Fsp3) is 0.533. The zero-order valence-corrected chi connectivity index (χ0v) is 13.9. The largest absolute Gasteiger partial charge is 0.495 e. The molecule has 122 valence electrons. The number of halogens is 1. The van der Waals surface area contributed by atoms with Crippen LogP contribution in [0.5, 0.6) is 11.5 Å². The maximum atomic E-state index is 12.1. The Balaban J connectivity index is 2.01. The van der Waals surface area contributed by atoms with Crippen LogP contribution in [0.2, 0.25) is 5.02 Å². The smallest absolute Gasteiger partial charge is 0.319 e. The first-order valence-corrected chi connectivity index (χ1v) is 7.59. The van der Waals surface area contributed by atoms with Crippen molar-refractivity contribution in [1.82, 2.24) is 10.2 Å². The lowest BCUT2D eigenvalue weighted by Gasteiger charge is -2.29. The van der Waals surface area contributed by atoms with Crippen molar-refractivity contribution in [2.24, 2.45) is 0 Å². The molecule has 0 bridgehead atoms. The number of likely N-dealkylation sites (tertiary alicyclic amines) is 1. The van der Waals surface area contributed by atoms with E-state index in [9.17, 15) is 4.79 Å². The highest BCUT2D eigenvalue weighted by Gasteiger charge is 2.19. The van der Waals surface area contributed by atoms with Gasteiger partial charge in [0, 0.05) is 18.2 Å². The summed E-state index contributed by atoms with van der Waals surface area (Å²) < 4.78 is 10.4.